The van der Waals surface area contributed by atoms with Gasteiger partial charge in [0.2, 0.25) is 0 Å². The van der Waals surface area contributed by atoms with E-state index in [0.29, 0.717) is 0 Å². The van der Waals surface area contributed by atoms with E-state index in [9.17, 15) is 4.79 Å². The topological polar surface area (TPSA) is 39.1 Å². The Kier molecular flexibility index (Phi) is 4.08. The van der Waals surface area contributed by atoms with Crippen molar-refractivity contribution in [3.05, 3.63) is 45.8 Å². The van der Waals surface area contributed by atoms with Gasteiger partial charge in [-0.2, -0.15) is 0 Å². The number of likely N-dealkylation sites (N-methyl/N-ethyl adjacent to an activating group) is 1. The first-order valence-electron chi connectivity index (χ1n) is 7.86. The summed E-state index contributed by atoms with van der Waals surface area (Å²) in [6.45, 7) is 11.2. The second-order valence-electron chi connectivity index (χ2n) is 6.12. The van der Waals surface area contributed by atoms with Gasteiger partial charge in [0, 0.05) is 17.0 Å². The van der Waals surface area contributed by atoms with Gasteiger partial charge in [-0.25, -0.2) is 4.79 Å². The lowest BCUT2D eigenvalue weighted by Gasteiger charge is -2.29. The Bertz CT molecular complexity index is 685. The van der Waals surface area contributed by atoms with E-state index in [1.165, 1.54) is 32.7 Å². The Morgan fingerprint density at radius 1 is 1.10 bits per heavy atom. The molecule has 0 atom stereocenters. The number of hydrogen-bond acceptors (Lipinski definition) is 2. The molecule has 0 bridgehead atoms. The molecule has 0 radical (unpaired) electrons. The largest absolute Gasteiger partial charge is 0.423 e. The van der Waals surface area contributed by atoms with Gasteiger partial charge >= 0.3 is 5.63 Å². The lowest BCUT2D eigenvalue weighted by Crippen LogP contribution is -3.27. The lowest BCUT2D eigenvalue weighted by atomic mass is 10.1. The van der Waals surface area contributed by atoms with Crippen molar-refractivity contribution in [3.8, 4) is 0 Å². The van der Waals surface area contributed by atoms with E-state index in [0.717, 1.165) is 28.6 Å². The van der Waals surface area contributed by atoms with E-state index in [4.69, 9.17) is 4.42 Å². The number of hydrogen-bond donors (Lipinski definition) is 2. The van der Waals surface area contributed by atoms with Crippen LogP contribution >= 0.6 is 0 Å². The van der Waals surface area contributed by atoms with Crippen LogP contribution < -0.4 is 15.4 Å². The minimum Gasteiger partial charge on any atom is -0.423 e. The van der Waals surface area contributed by atoms with E-state index in [-0.39, 0.29) is 5.63 Å². The zero-order valence-corrected chi connectivity index (χ0v) is 12.9. The molecule has 3 rings (SSSR count). The predicted octanol–water partition coefficient (Wildman–Crippen LogP) is -0.595. The summed E-state index contributed by atoms with van der Waals surface area (Å²) in [5.74, 6) is 0. The molecule has 1 saturated heterocycles. The Hall–Kier alpha value is -1.65. The summed E-state index contributed by atoms with van der Waals surface area (Å²) in [6, 6.07) is 7.79. The molecule has 2 heterocycles. The second-order valence-corrected chi connectivity index (χ2v) is 6.12. The lowest BCUT2D eigenvalue weighted by molar-refractivity contribution is -1.02. The van der Waals surface area contributed by atoms with Crippen LogP contribution in [0.3, 0.4) is 0 Å². The van der Waals surface area contributed by atoms with Gasteiger partial charge in [0.25, 0.3) is 0 Å². The van der Waals surface area contributed by atoms with Crippen LogP contribution in [0.15, 0.2) is 33.5 Å². The molecule has 112 valence electrons. The Morgan fingerprint density at radius 2 is 1.81 bits per heavy atom. The highest BCUT2D eigenvalue weighted by Gasteiger charge is 2.22. The van der Waals surface area contributed by atoms with Crippen molar-refractivity contribution < 1.29 is 14.2 Å². The van der Waals surface area contributed by atoms with Crippen LogP contribution in [0.4, 0.5) is 0 Å². The van der Waals surface area contributed by atoms with Crippen LogP contribution in [-0.4, -0.2) is 32.7 Å². The first-order chi connectivity index (χ1) is 10.2. The standard InChI is InChI=1S/C17H22N2O2/c1-3-18-6-8-19(9-7-18)12-14-11-17(20)21-16-10-13(2)4-5-15(14)16/h4-5,10-11H,3,6-9,12H2,1-2H3/p+2. The maximum absolute atomic E-state index is 11.8. The number of benzene rings is 1. The highest BCUT2D eigenvalue weighted by Crippen LogP contribution is 2.17. The molecule has 1 fully saturated rings. The predicted molar refractivity (Wildman–Crippen MR) is 82.9 cm³/mol. The van der Waals surface area contributed by atoms with Crippen LogP contribution in [-0.2, 0) is 6.54 Å². The maximum atomic E-state index is 11.8. The molecule has 1 aromatic heterocycles. The van der Waals surface area contributed by atoms with Crippen molar-refractivity contribution >= 4 is 11.0 Å². The fraction of sp³-hybridized carbons (Fsp3) is 0.471. The molecule has 0 saturated carbocycles. The number of piperazine rings is 1. The Morgan fingerprint density at radius 3 is 2.52 bits per heavy atom. The molecule has 0 spiro atoms. The minimum atomic E-state index is -0.236. The van der Waals surface area contributed by atoms with Gasteiger partial charge in [0.15, 0.2) is 0 Å². The van der Waals surface area contributed by atoms with Crippen LogP contribution in [0.1, 0.15) is 18.1 Å². The van der Waals surface area contributed by atoms with Crippen molar-refractivity contribution in [1.29, 1.82) is 0 Å². The number of quaternary nitrogens is 2. The van der Waals surface area contributed by atoms with Gasteiger partial charge in [-0.15, -0.1) is 0 Å². The fourth-order valence-corrected chi connectivity index (χ4v) is 3.24. The van der Waals surface area contributed by atoms with Crippen molar-refractivity contribution in [3.63, 3.8) is 0 Å². The Balaban J connectivity index is 1.85. The average Bonchev–Trinajstić information content (AvgIpc) is 2.47. The zero-order chi connectivity index (χ0) is 14.8. The van der Waals surface area contributed by atoms with E-state index < -0.39 is 0 Å². The molecular weight excluding hydrogens is 264 g/mol. The summed E-state index contributed by atoms with van der Waals surface area (Å²) in [7, 11) is 0. The highest BCUT2D eigenvalue weighted by molar-refractivity contribution is 5.80. The third-order valence-electron chi connectivity index (χ3n) is 4.59. The van der Waals surface area contributed by atoms with Crippen LogP contribution in [0.25, 0.3) is 11.0 Å². The Labute approximate surface area is 125 Å². The molecule has 1 aliphatic rings. The molecule has 4 heteroatoms. The third kappa shape index (κ3) is 3.17. The minimum absolute atomic E-state index is 0.236. The summed E-state index contributed by atoms with van der Waals surface area (Å²) in [4.78, 5) is 15.0. The average molecular weight is 288 g/mol. The zero-order valence-electron chi connectivity index (χ0n) is 12.9. The van der Waals surface area contributed by atoms with Crippen LogP contribution in [0, 0.1) is 6.92 Å². The summed E-state index contributed by atoms with van der Waals surface area (Å²) in [5.41, 5.74) is 2.72. The third-order valence-corrected chi connectivity index (χ3v) is 4.59. The number of aryl methyl sites for hydroxylation is 1. The molecule has 21 heavy (non-hydrogen) atoms. The first-order valence-corrected chi connectivity index (χ1v) is 7.86. The van der Waals surface area contributed by atoms with Gasteiger partial charge in [-0.1, -0.05) is 12.1 Å². The SMILES string of the molecule is CC[NH+]1CC[NH+](Cc2cc(=O)oc3cc(C)ccc23)CC1. The van der Waals surface area contributed by atoms with E-state index >= 15 is 0 Å². The highest BCUT2D eigenvalue weighted by atomic mass is 16.4. The number of nitrogens with one attached hydrogen (secondary N) is 2. The van der Waals surface area contributed by atoms with E-state index in [1.807, 2.05) is 13.0 Å². The molecule has 4 nitrogen and oxygen atoms in total. The van der Waals surface area contributed by atoms with Crippen molar-refractivity contribution in [2.45, 2.75) is 20.4 Å². The van der Waals surface area contributed by atoms with Crippen LogP contribution in [0.2, 0.25) is 0 Å². The fourth-order valence-electron chi connectivity index (χ4n) is 3.24. The van der Waals surface area contributed by atoms with Crippen LogP contribution in [0.5, 0.6) is 0 Å². The molecular formula is C17H24N2O2+2. The van der Waals surface area contributed by atoms with Gasteiger partial charge < -0.3 is 14.2 Å². The molecule has 0 aliphatic carbocycles. The maximum Gasteiger partial charge on any atom is 0.336 e. The van der Waals surface area contributed by atoms with E-state index in [2.05, 4.69) is 19.1 Å². The van der Waals surface area contributed by atoms with E-state index in [1.54, 1.807) is 15.9 Å². The normalized spacial score (nSPS) is 22.6. The molecule has 2 aromatic rings. The van der Waals surface area contributed by atoms with Gasteiger partial charge in [0.1, 0.15) is 38.3 Å². The summed E-state index contributed by atoms with van der Waals surface area (Å²) >= 11 is 0. The van der Waals surface area contributed by atoms with Gasteiger partial charge in [-0.3, -0.25) is 0 Å². The summed E-state index contributed by atoms with van der Waals surface area (Å²) in [6.07, 6.45) is 0. The molecule has 1 aliphatic heterocycles. The summed E-state index contributed by atoms with van der Waals surface area (Å²) in [5, 5.41) is 1.08. The smallest absolute Gasteiger partial charge is 0.336 e. The van der Waals surface area contributed by atoms with Crippen molar-refractivity contribution in [1.82, 2.24) is 0 Å². The molecule has 0 unspecified atom stereocenters. The summed E-state index contributed by atoms with van der Waals surface area (Å²) < 4.78 is 5.34. The second kappa shape index (κ2) is 6.00. The number of rotatable bonds is 3. The molecule has 0 amide bonds. The first kappa shape index (κ1) is 14.3. The van der Waals surface area contributed by atoms with Gasteiger partial charge in [-0.05, 0) is 25.5 Å². The quantitative estimate of drug-likeness (QED) is 0.741. The molecule has 1 aromatic carbocycles. The van der Waals surface area contributed by atoms with Crippen molar-refractivity contribution in [2.24, 2.45) is 0 Å². The van der Waals surface area contributed by atoms with Gasteiger partial charge in [0.05, 0.1) is 6.54 Å². The molecule has 2 N–H and O–H groups in total. The number of fused-ring (bicyclic) bond motifs is 1. The monoisotopic (exact) mass is 288 g/mol. The van der Waals surface area contributed by atoms with Crippen molar-refractivity contribution in [2.75, 3.05) is 32.7 Å².